The topological polar surface area (TPSA) is 56.7 Å². The van der Waals surface area contributed by atoms with Crippen LogP contribution in [0.15, 0.2) is 4.99 Å². The largest absolute Gasteiger partial charge is 0.357 e. The van der Waals surface area contributed by atoms with Gasteiger partial charge in [-0.15, -0.1) is 30.4 Å². The van der Waals surface area contributed by atoms with Crippen molar-refractivity contribution in [1.29, 1.82) is 0 Å². The van der Waals surface area contributed by atoms with E-state index in [0.717, 1.165) is 19.6 Å². The van der Waals surface area contributed by atoms with Gasteiger partial charge >= 0.3 is 0 Å². The Balaban J connectivity index is 0. The van der Waals surface area contributed by atoms with Gasteiger partial charge in [0, 0.05) is 26.1 Å². The molecule has 0 saturated heterocycles. The maximum Gasteiger partial charge on any atom is 0.224 e. The summed E-state index contributed by atoms with van der Waals surface area (Å²) in [6.45, 7) is 9.08. The Bertz CT molecular complexity index is 308. The third kappa shape index (κ3) is 9.59. The minimum absolute atomic E-state index is 0. The molecule has 0 unspecified atom stereocenters. The number of hydrogen-bond acceptors (Lipinski definition) is 2. The Labute approximate surface area is 133 Å². The van der Waals surface area contributed by atoms with Gasteiger partial charge in [0.1, 0.15) is 0 Å². The van der Waals surface area contributed by atoms with Crippen molar-refractivity contribution in [1.82, 2.24) is 15.5 Å². The lowest BCUT2D eigenvalue weighted by atomic mass is 10.3. The van der Waals surface area contributed by atoms with Crippen molar-refractivity contribution in [2.24, 2.45) is 4.99 Å². The van der Waals surface area contributed by atoms with E-state index in [0.29, 0.717) is 25.5 Å². The molecule has 0 bridgehead atoms. The number of terminal acetylenes is 1. The molecule has 0 rings (SSSR count). The average Bonchev–Trinajstić information content (AvgIpc) is 2.37. The zero-order valence-electron chi connectivity index (χ0n) is 12.0. The van der Waals surface area contributed by atoms with E-state index in [4.69, 9.17) is 6.42 Å². The molecule has 0 aliphatic carbocycles. The smallest absolute Gasteiger partial charge is 0.224 e. The number of nitrogens with one attached hydrogen (secondary N) is 2. The van der Waals surface area contributed by atoms with Crippen molar-refractivity contribution >= 4 is 35.8 Å². The zero-order valence-corrected chi connectivity index (χ0v) is 14.4. The van der Waals surface area contributed by atoms with Crippen molar-refractivity contribution in [3.05, 3.63) is 0 Å². The second-order valence-corrected chi connectivity index (χ2v) is 3.63. The molecule has 0 aliphatic rings. The third-order valence-corrected chi connectivity index (χ3v) is 2.41. The molecule has 0 saturated carbocycles. The summed E-state index contributed by atoms with van der Waals surface area (Å²) in [5.74, 6) is 3.28. The van der Waals surface area contributed by atoms with E-state index in [1.807, 2.05) is 20.8 Å². The van der Waals surface area contributed by atoms with Gasteiger partial charge in [-0.2, -0.15) is 0 Å². The first kappa shape index (κ1) is 20.3. The molecule has 110 valence electrons. The van der Waals surface area contributed by atoms with Crippen molar-refractivity contribution in [3.8, 4) is 12.3 Å². The van der Waals surface area contributed by atoms with Crippen molar-refractivity contribution in [2.45, 2.75) is 27.2 Å². The van der Waals surface area contributed by atoms with Crippen LogP contribution in [0.4, 0.5) is 0 Å². The summed E-state index contributed by atoms with van der Waals surface area (Å²) in [5.41, 5.74) is 0. The highest BCUT2D eigenvalue weighted by molar-refractivity contribution is 14.0. The van der Waals surface area contributed by atoms with E-state index in [1.165, 1.54) is 0 Å². The Morgan fingerprint density at radius 2 is 1.89 bits per heavy atom. The lowest BCUT2D eigenvalue weighted by molar-refractivity contribution is -0.130. The predicted molar refractivity (Wildman–Crippen MR) is 90.8 cm³/mol. The molecule has 5 nitrogen and oxygen atoms in total. The number of carbonyl (C=O) groups is 1. The van der Waals surface area contributed by atoms with E-state index in [2.05, 4.69) is 21.5 Å². The maximum atomic E-state index is 11.7. The Morgan fingerprint density at radius 1 is 1.26 bits per heavy atom. The summed E-state index contributed by atoms with van der Waals surface area (Å²) in [5, 5.41) is 6.05. The molecule has 0 aromatic heterocycles. The standard InChI is InChI=1S/C13H24N4O.HI/c1-5-10-15-13(14-6-2)16-11-9-12(18)17(7-3)8-4;/h1H,6-11H2,2-4H3,(H2,14,15,16);1H. The van der Waals surface area contributed by atoms with E-state index in [1.54, 1.807) is 4.90 Å². The number of amides is 1. The average molecular weight is 380 g/mol. The molecule has 0 aliphatic heterocycles. The molecule has 0 heterocycles. The van der Waals surface area contributed by atoms with Crippen LogP contribution in [0.5, 0.6) is 0 Å². The monoisotopic (exact) mass is 380 g/mol. The predicted octanol–water partition coefficient (Wildman–Crippen LogP) is 1.05. The number of aliphatic imine (C=N–C) groups is 1. The van der Waals surface area contributed by atoms with Gasteiger partial charge < -0.3 is 15.5 Å². The van der Waals surface area contributed by atoms with Crippen LogP contribution in [-0.2, 0) is 4.79 Å². The van der Waals surface area contributed by atoms with Gasteiger partial charge in [-0.1, -0.05) is 5.92 Å². The molecule has 6 heteroatoms. The minimum Gasteiger partial charge on any atom is -0.357 e. The maximum absolute atomic E-state index is 11.7. The molecule has 0 atom stereocenters. The minimum atomic E-state index is 0. The number of guanidine groups is 1. The van der Waals surface area contributed by atoms with Gasteiger partial charge in [-0.05, 0) is 20.8 Å². The second kappa shape index (κ2) is 13.5. The third-order valence-electron chi connectivity index (χ3n) is 2.41. The lowest BCUT2D eigenvalue weighted by Crippen LogP contribution is -2.38. The molecule has 0 fully saturated rings. The van der Waals surface area contributed by atoms with Crippen LogP contribution >= 0.6 is 24.0 Å². The van der Waals surface area contributed by atoms with E-state index in [9.17, 15) is 4.79 Å². The number of hydrogen-bond donors (Lipinski definition) is 2. The molecular weight excluding hydrogens is 355 g/mol. The first-order chi connectivity index (χ1) is 8.69. The first-order valence-corrected chi connectivity index (χ1v) is 6.42. The summed E-state index contributed by atoms with van der Waals surface area (Å²) < 4.78 is 0. The van der Waals surface area contributed by atoms with Crippen molar-refractivity contribution in [3.63, 3.8) is 0 Å². The Kier molecular flexibility index (Phi) is 14.4. The highest BCUT2D eigenvalue weighted by Crippen LogP contribution is 1.94. The van der Waals surface area contributed by atoms with E-state index in [-0.39, 0.29) is 29.9 Å². The van der Waals surface area contributed by atoms with Gasteiger partial charge in [-0.3, -0.25) is 9.79 Å². The molecule has 0 aromatic rings. The normalized spacial score (nSPS) is 10.1. The molecule has 1 amide bonds. The SMILES string of the molecule is C#CCNC(=NCCC(=O)N(CC)CC)NCC.I. The number of halogens is 1. The highest BCUT2D eigenvalue weighted by Gasteiger charge is 2.08. The van der Waals surface area contributed by atoms with Gasteiger partial charge in [0.2, 0.25) is 5.91 Å². The summed E-state index contributed by atoms with van der Waals surface area (Å²) in [7, 11) is 0. The fraction of sp³-hybridized carbons (Fsp3) is 0.692. The van der Waals surface area contributed by atoms with Crippen LogP contribution in [-0.4, -0.2) is 49.5 Å². The molecule has 19 heavy (non-hydrogen) atoms. The molecular formula is C13H25IN4O. The lowest BCUT2D eigenvalue weighted by Gasteiger charge is -2.18. The fourth-order valence-corrected chi connectivity index (χ4v) is 1.47. The number of nitrogens with zero attached hydrogens (tertiary/aromatic N) is 2. The van der Waals surface area contributed by atoms with Crippen molar-refractivity contribution in [2.75, 3.05) is 32.7 Å². The number of rotatable bonds is 7. The molecule has 0 aromatic carbocycles. The van der Waals surface area contributed by atoms with Crippen LogP contribution in [0.2, 0.25) is 0 Å². The number of carbonyl (C=O) groups excluding carboxylic acids is 1. The highest BCUT2D eigenvalue weighted by atomic mass is 127. The molecule has 2 N–H and O–H groups in total. The quantitative estimate of drug-likeness (QED) is 0.301. The van der Waals surface area contributed by atoms with Gasteiger partial charge in [0.15, 0.2) is 5.96 Å². The van der Waals surface area contributed by atoms with E-state index < -0.39 is 0 Å². The van der Waals surface area contributed by atoms with Gasteiger partial charge in [0.25, 0.3) is 0 Å². The van der Waals surface area contributed by atoms with Crippen LogP contribution in [0.1, 0.15) is 27.2 Å². The Hall–Kier alpha value is -0.970. The molecule has 0 radical (unpaired) electrons. The Morgan fingerprint density at radius 3 is 2.37 bits per heavy atom. The van der Waals surface area contributed by atoms with Crippen LogP contribution < -0.4 is 10.6 Å². The summed E-state index contributed by atoms with van der Waals surface area (Å²) >= 11 is 0. The first-order valence-electron chi connectivity index (χ1n) is 6.42. The van der Waals surface area contributed by atoms with Crippen molar-refractivity contribution < 1.29 is 4.79 Å². The van der Waals surface area contributed by atoms with Crippen LogP contribution in [0.3, 0.4) is 0 Å². The second-order valence-electron chi connectivity index (χ2n) is 3.63. The molecule has 0 spiro atoms. The van der Waals surface area contributed by atoms with Gasteiger partial charge in [-0.25, -0.2) is 0 Å². The van der Waals surface area contributed by atoms with Gasteiger partial charge in [0.05, 0.1) is 13.1 Å². The van der Waals surface area contributed by atoms with Crippen LogP contribution in [0.25, 0.3) is 0 Å². The summed E-state index contributed by atoms with van der Waals surface area (Å²) in [6, 6.07) is 0. The fourth-order valence-electron chi connectivity index (χ4n) is 1.47. The zero-order chi connectivity index (χ0) is 13.8. The van der Waals surface area contributed by atoms with Crippen LogP contribution in [0, 0.1) is 12.3 Å². The summed E-state index contributed by atoms with van der Waals surface area (Å²) in [6.07, 6.45) is 5.59. The van der Waals surface area contributed by atoms with E-state index >= 15 is 0 Å². The summed E-state index contributed by atoms with van der Waals surface area (Å²) in [4.78, 5) is 17.8.